The predicted molar refractivity (Wildman–Crippen MR) is 79.9 cm³/mol. The molecule has 1 heterocycles. The number of carbonyl (C=O) groups excluding carboxylic acids is 1. The molecule has 0 unspecified atom stereocenters. The van der Waals surface area contributed by atoms with E-state index in [0.29, 0.717) is 32.6 Å². The highest BCUT2D eigenvalue weighted by Gasteiger charge is 2.45. The first-order valence-corrected chi connectivity index (χ1v) is 7.83. The standard InChI is InChI=1S/C17H22FNO3/c18-14-3-1-13(2-4-14)17(7-9-22-10-8-17)15(21)19-11-16(12-20)5-6-16/h1-4,20H,5-12H2,(H,19,21). The van der Waals surface area contributed by atoms with Crippen LogP contribution < -0.4 is 5.32 Å². The lowest BCUT2D eigenvalue weighted by Gasteiger charge is -2.36. The number of rotatable bonds is 5. The van der Waals surface area contributed by atoms with Crippen molar-refractivity contribution in [2.24, 2.45) is 5.41 Å². The first kappa shape index (κ1) is 15.4. The van der Waals surface area contributed by atoms with Crippen LogP contribution in [-0.2, 0) is 14.9 Å². The number of aliphatic hydroxyl groups is 1. The number of ether oxygens (including phenoxy) is 1. The van der Waals surface area contributed by atoms with Crippen molar-refractivity contribution < 1.29 is 19.0 Å². The van der Waals surface area contributed by atoms with Gasteiger partial charge in [0.2, 0.25) is 5.91 Å². The van der Waals surface area contributed by atoms with Crippen molar-refractivity contribution in [2.45, 2.75) is 31.1 Å². The Morgan fingerprint density at radius 1 is 1.18 bits per heavy atom. The number of carbonyl (C=O) groups is 1. The van der Waals surface area contributed by atoms with Crippen molar-refractivity contribution in [3.8, 4) is 0 Å². The van der Waals surface area contributed by atoms with E-state index in [-0.39, 0.29) is 23.7 Å². The lowest BCUT2D eigenvalue weighted by Crippen LogP contribution is -2.49. The van der Waals surface area contributed by atoms with E-state index in [4.69, 9.17) is 4.74 Å². The summed E-state index contributed by atoms with van der Waals surface area (Å²) in [4.78, 5) is 12.9. The van der Waals surface area contributed by atoms with Crippen LogP contribution >= 0.6 is 0 Å². The minimum Gasteiger partial charge on any atom is -0.396 e. The van der Waals surface area contributed by atoms with Gasteiger partial charge in [-0.2, -0.15) is 0 Å². The molecule has 2 fully saturated rings. The predicted octanol–water partition coefficient (Wildman–Crippen LogP) is 1.76. The van der Waals surface area contributed by atoms with Crippen molar-refractivity contribution >= 4 is 5.91 Å². The summed E-state index contributed by atoms with van der Waals surface area (Å²) in [5.41, 5.74) is 0.0611. The van der Waals surface area contributed by atoms with E-state index >= 15 is 0 Å². The maximum atomic E-state index is 13.2. The summed E-state index contributed by atoms with van der Waals surface area (Å²) < 4.78 is 18.6. The van der Waals surface area contributed by atoms with Gasteiger partial charge < -0.3 is 15.2 Å². The first-order chi connectivity index (χ1) is 10.6. The summed E-state index contributed by atoms with van der Waals surface area (Å²) >= 11 is 0. The number of nitrogens with one attached hydrogen (secondary N) is 1. The molecule has 1 aromatic rings. The molecule has 0 atom stereocenters. The summed E-state index contributed by atoms with van der Waals surface area (Å²) in [5, 5.41) is 12.4. The summed E-state index contributed by atoms with van der Waals surface area (Å²) in [6.07, 6.45) is 3.10. The molecule has 1 amide bonds. The first-order valence-electron chi connectivity index (χ1n) is 7.83. The molecule has 0 bridgehead atoms. The van der Waals surface area contributed by atoms with Crippen molar-refractivity contribution in [1.29, 1.82) is 0 Å². The molecular weight excluding hydrogens is 285 g/mol. The van der Waals surface area contributed by atoms with E-state index in [1.54, 1.807) is 12.1 Å². The van der Waals surface area contributed by atoms with Crippen molar-refractivity contribution in [3.05, 3.63) is 35.6 Å². The van der Waals surface area contributed by atoms with Crippen LogP contribution in [0.15, 0.2) is 24.3 Å². The second-order valence-corrected chi connectivity index (χ2v) is 6.54. The van der Waals surface area contributed by atoms with Crippen LogP contribution in [0.2, 0.25) is 0 Å². The molecule has 3 rings (SSSR count). The minimum absolute atomic E-state index is 0.0397. The lowest BCUT2D eigenvalue weighted by molar-refractivity contribution is -0.130. The molecule has 0 spiro atoms. The highest BCUT2D eigenvalue weighted by atomic mass is 19.1. The molecular formula is C17H22FNO3. The molecule has 1 saturated heterocycles. The van der Waals surface area contributed by atoms with E-state index < -0.39 is 5.41 Å². The average molecular weight is 307 g/mol. The van der Waals surface area contributed by atoms with Crippen molar-refractivity contribution in [2.75, 3.05) is 26.4 Å². The summed E-state index contributed by atoms with van der Waals surface area (Å²) in [6, 6.07) is 6.18. The van der Waals surface area contributed by atoms with E-state index in [1.165, 1.54) is 12.1 Å². The monoisotopic (exact) mass is 307 g/mol. The lowest BCUT2D eigenvalue weighted by atomic mass is 9.73. The van der Waals surface area contributed by atoms with Crippen LogP contribution in [0.5, 0.6) is 0 Å². The third-order valence-electron chi connectivity index (χ3n) is 5.09. The Morgan fingerprint density at radius 2 is 1.82 bits per heavy atom. The highest BCUT2D eigenvalue weighted by molar-refractivity contribution is 5.88. The van der Waals surface area contributed by atoms with Crippen LogP contribution in [0.25, 0.3) is 0 Å². The maximum absolute atomic E-state index is 13.2. The number of aliphatic hydroxyl groups excluding tert-OH is 1. The van der Waals surface area contributed by atoms with Crippen molar-refractivity contribution in [1.82, 2.24) is 5.32 Å². The average Bonchev–Trinajstić information content (AvgIpc) is 3.34. The normalized spacial score (nSPS) is 22.1. The topological polar surface area (TPSA) is 58.6 Å². The van der Waals surface area contributed by atoms with Gasteiger partial charge in [0.1, 0.15) is 5.82 Å². The molecule has 1 saturated carbocycles. The molecule has 1 aliphatic heterocycles. The number of benzene rings is 1. The van der Waals surface area contributed by atoms with Gasteiger partial charge in [-0.25, -0.2) is 4.39 Å². The van der Waals surface area contributed by atoms with E-state index in [1.807, 2.05) is 0 Å². The zero-order valence-electron chi connectivity index (χ0n) is 12.6. The minimum atomic E-state index is -0.655. The molecule has 1 aromatic carbocycles. The third-order valence-corrected chi connectivity index (χ3v) is 5.09. The fraction of sp³-hybridized carbons (Fsp3) is 0.588. The fourth-order valence-electron chi connectivity index (χ4n) is 3.14. The van der Waals surface area contributed by atoms with Gasteiger partial charge in [0.25, 0.3) is 0 Å². The Balaban J connectivity index is 1.79. The van der Waals surface area contributed by atoms with Gasteiger partial charge in [-0.05, 0) is 43.4 Å². The third kappa shape index (κ3) is 2.88. The smallest absolute Gasteiger partial charge is 0.230 e. The Kier molecular flexibility index (Phi) is 4.19. The van der Waals surface area contributed by atoms with Gasteiger partial charge >= 0.3 is 0 Å². The van der Waals surface area contributed by atoms with Gasteiger partial charge in [0.05, 0.1) is 12.0 Å². The van der Waals surface area contributed by atoms with Crippen LogP contribution in [0.4, 0.5) is 4.39 Å². The second kappa shape index (κ2) is 5.97. The summed E-state index contributed by atoms with van der Waals surface area (Å²) in [6.45, 7) is 1.66. The van der Waals surface area contributed by atoms with Crippen LogP contribution in [-0.4, -0.2) is 37.4 Å². The second-order valence-electron chi connectivity index (χ2n) is 6.54. The highest BCUT2D eigenvalue weighted by Crippen LogP contribution is 2.44. The molecule has 2 aliphatic rings. The Hall–Kier alpha value is -1.46. The molecule has 5 heteroatoms. The van der Waals surface area contributed by atoms with E-state index in [9.17, 15) is 14.3 Å². The molecule has 0 aromatic heterocycles. The Morgan fingerprint density at radius 3 is 2.36 bits per heavy atom. The Bertz CT molecular complexity index is 533. The quantitative estimate of drug-likeness (QED) is 0.871. The molecule has 1 aliphatic carbocycles. The Labute approximate surface area is 129 Å². The van der Waals surface area contributed by atoms with Gasteiger partial charge in [0, 0.05) is 25.2 Å². The maximum Gasteiger partial charge on any atom is 0.230 e. The molecule has 4 nitrogen and oxygen atoms in total. The zero-order valence-corrected chi connectivity index (χ0v) is 12.6. The zero-order chi connectivity index (χ0) is 15.6. The van der Waals surface area contributed by atoms with Crippen LogP contribution in [0.1, 0.15) is 31.2 Å². The van der Waals surface area contributed by atoms with Crippen LogP contribution in [0.3, 0.4) is 0 Å². The molecule has 0 radical (unpaired) electrons. The van der Waals surface area contributed by atoms with Crippen LogP contribution in [0, 0.1) is 11.2 Å². The molecule has 2 N–H and O–H groups in total. The van der Waals surface area contributed by atoms with Gasteiger partial charge in [-0.3, -0.25) is 4.79 Å². The van der Waals surface area contributed by atoms with Gasteiger partial charge in [0.15, 0.2) is 0 Å². The van der Waals surface area contributed by atoms with Gasteiger partial charge in [-0.15, -0.1) is 0 Å². The number of hydrogen-bond donors (Lipinski definition) is 2. The molecule has 120 valence electrons. The number of amides is 1. The summed E-state index contributed by atoms with van der Waals surface area (Å²) in [5.74, 6) is -0.342. The number of halogens is 1. The van der Waals surface area contributed by atoms with Crippen molar-refractivity contribution in [3.63, 3.8) is 0 Å². The fourth-order valence-corrected chi connectivity index (χ4v) is 3.14. The molecule has 22 heavy (non-hydrogen) atoms. The summed E-state index contributed by atoms with van der Waals surface area (Å²) in [7, 11) is 0. The van der Waals surface area contributed by atoms with E-state index in [0.717, 1.165) is 18.4 Å². The van der Waals surface area contributed by atoms with E-state index in [2.05, 4.69) is 5.32 Å². The number of hydrogen-bond acceptors (Lipinski definition) is 3. The largest absolute Gasteiger partial charge is 0.396 e. The van der Waals surface area contributed by atoms with Gasteiger partial charge in [-0.1, -0.05) is 12.1 Å². The SMILES string of the molecule is O=C(NCC1(CO)CC1)C1(c2ccc(F)cc2)CCOCC1.